The van der Waals surface area contributed by atoms with Crippen molar-refractivity contribution < 1.29 is 13.7 Å². The molecule has 1 aromatic carbocycles. The Balaban J connectivity index is 1.96. The van der Waals surface area contributed by atoms with Crippen LogP contribution in [0.15, 0.2) is 33.5 Å². The molecule has 0 aliphatic carbocycles. The molecule has 104 valence electrons. The third kappa shape index (κ3) is 2.51. The van der Waals surface area contributed by atoms with Crippen LogP contribution in [0.5, 0.6) is 0 Å². The molecule has 0 spiro atoms. The van der Waals surface area contributed by atoms with E-state index in [1.54, 1.807) is 0 Å². The van der Waals surface area contributed by atoms with Gasteiger partial charge in [-0.3, -0.25) is 0 Å². The maximum atomic E-state index is 11.4. The summed E-state index contributed by atoms with van der Waals surface area (Å²) in [5, 5.41) is 0.935. The van der Waals surface area contributed by atoms with Gasteiger partial charge >= 0.3 is 12.7 Å². The largest absolute Gasteiger partial charge is 0.494 e. The second kappa shape index (κ2) is 4.75. The van der Waals surface area contributed by atoms with Crippen LogP contribution in [-0.2, 0) is 9.31 Å². The summed E-state index contributed by atoms with van der Waals surface area (Å²) in [4.78, 5) is 11.4. The molecule has 0 unspecified atom stereocenters. The Morgan fingerprint density at radius 2 is 1.85 bits per heavy atom. The van der Waals surface area contributed by atoms with Gasteiger partial charge in [0.1, 0.15) is 5.58 Å². The van der Waals surface area contributed by atoms with Crippen molar-refractivity contribution >= 4 is 23.6 Å². The standard InChI is InChI=1S/C15H17BO4/c1-10-6-14(17)20-13-7-11(4-5-12(10)13)16-18-8-15(2,3)9-19-16/h4-7H,8-9H2,1-3H3. The molecule has 2 aromatic rings. The molecule has 4 nitrogen and oxygen atoms in total. The van der Waals surface area contributed by atoms with E-state index in [2.05, 4.69) is 13.8 Å². The number of aryl methyl sites for hydroxylation is 1. The summed E-state index contributed by atoms with van der Waals surface area (Å²) in [7, 11) is -0.391. The van der Waals surface area contributed by atoms with E-state index < -0.39 is 7.12 Å². The third-order valence-corrected chi connectivity index (χ3v) is 3.50. The fraction of sp³-hybridized carbons (Fsp3) is 0.400. The average molecular weight is 272 g/mol. The summed E-state index contributed by atoms with van der Waals surface area (Å²) in [5.41, 5.74) is 2.07. The molecule has 0 atom stereocenters. The summed E-state index contributed by atoms with van der Waals surface area (Å²) in [6, 6.07) is 7.22. The number of benzene rings is 1. The smallest absolute Gasteiger partial charge is 0.423 e. The minimum atomic E-state index is -0.391. The van der Waals surface area contributed by atoms with Gasteiger partial charge in [-0.1, -0.05) is 26.0 Å². The maximum absolute atomic E-state index is 11.4. The van der Waals surface area contributed by atoms with Gasteiger partial charge in [-0.15, -0.1) is 0 Å². The van der Waals surface area contributed by atoms with Crippen LogP contribution in [0.3, 0.4) is 0 Å². The van der Waals surface area contributed by atoms with Gasteiger partial charge in [0.25, 0.3) is 0 Å². The quantitative estimate of drug-likeness (QED) is 0.587. The fourth-order valence-electron chi connectivity index (χ4n) is 2.37. The first-order valence-corrected chi connectivity index (χ1v) is 6.72. The first-order chi connectivity index (χ1) is 9.44. The predicted octanol–water partition coefficient (Wildman–Crippen LogP) is 1.87. The zero-order valence-corrected chi connectivity index (χ0v) is 11.9. The number of rotatable bonds is 1. The highest BCUT2D eigenvalue weighted by molar-refractivity contribution is 6.61. The molecular formula is C15H17BO4. The lowest BCUT2D eigenvalue weighted by atomic mass is 9.75. The zero-order chi connectivity index (χ0) is 14.3. The van der Waals surface area contributed by atoms with Gasteiger partial charge in [0.05, 0.1) is 0 Å². The fourth-order valence-corrected chi connectivity index (χ4v) is 2.37. The Labute approximate surface area is 117 Å². The zero-order valence-electron chi connectivity index (χ0n) is 11.9. The molecule has 0 N–H and O–H groups in total. The number of hydrogen-bond donors (Lipinski definition) is 0. The number of hydrogen-bond acceptors (Lipinski definition) is 4. The molecule has 5 heteroatoms. The molecule has 0 bridgehead atoms. The lowest BCUT2D eigenvalue weighted by Gasteiger charge is -2.33. The molecule has 2 heterocycles. The lowest BCUT2D eigenvalue weighted by molar-refractivity contribution is 0.0343. The van der Waals surface area contributed by atoms with E-state index in [0.717, 1.165) is 16.4 Å². The van der Waals surface area contributed by atoms with E-state index in [-0.39, 0.29) is 11.0 Å². The predicted molar refractivity (Wildman–Crippen MR) is 78.3 cm³/mol. The number of fused-ring (bicyclic) bond motifs is 1. The van der Waals surface area contributed by atoms with Crippen LogP contribution >= 0.6 is 0 Å². The minimum absolute atomic E-state index is 0.0382. The lowest BCUT2D eigenvalue weighted by Crippen LogP contribution is -2.47. The molecule has 1 aliphatic rings. The molecule has 1 fully saturated rings. The molecule has 3 rings (SSSR count). The van der Waals surface area contributed by atoms with Crippen LogP contribution in [0.1, 0.15) is 19.4 Å². The molecular weight excluding hydrogens is 255 g/mol. The van der Waals surface area contributed by atoms with E-state index >= 15 is 0 Å². The first kappa shape index (κ1) is 13.4. The molecule has 0 saturated carbocycles. The molecule has 1 saturated heterocycles. The van der Waals surface area contributed by atoms with Crippen molar-refractivity contribution in [3.8, 4) is 0 Å². The Morgan fingerprint density at radius 3 is 2.55 bits per heavy atom. The molecule has 0 amide bonds. The summed E-state index contributed by atoms with van der Waals surface area (Å²) < 4.78 is 16.7. The van der Waals surface area contributed by atoms with Crippen molar-refractivity contribution in [3.05, 3.63) is 40.2 Å². The van der Waals surface area contributed by atoms with E-state index in [9.17, 15) is 4.79 Å². The Morgan fingerprint density at radius 1 is 1.15 bits per heavy atom. The van der Waals surface area contributed by atoms with Crippen LogP contribution < -0.4 is 11.1 Å². The van der Waals surface area contributed by atoms with Crippen LogP contribution in [0.4, 0.5) is 0 Å². The van der Waals surface area contributed by atoms with Gasteiger partial charge < -0.3 is 13.7 Å². The second-order valence-corrected chi connectivity index (χ2v) is 6.12. The van der Waals surface area contributed by atoms with Crippen LogP contribution in [0.25, 0.3) is 11.0 Å². The normalized spacial score (nSPS) is 18.4. The van der Waals surface area contributed by atoms with Crippen molar-refractivity contribution in [1.29, 1.82) is 0 Å². The SMILES string of the molecule is Cc1cc(=O)oc2cc(B3OCC(C)(C)CO3)ccc12. The minimum Gasteiger partial charge on any atom is -0.423 e. The third-order valence-electron chi connectivity index (χ3n) is 3.50. The highest BCUT2D eigenvalue weighted by Gasteiger charge is 2.33. The van der Waals surface area contributed by atoms with Crippen molar-refractivity contribution in [3.63, 3.8) is 0 Å². The van der Waals surface area contributed by atoms with Crippen molar-refractivity contribution in [1.82, 2.24) is 0 Å². The first-order valence-electron chi connectivity index (χ1n) is 6.72. The van der Waals surface area contributed by atoms with Gasteiger partial charge in [-0.2, -0.15) is 0 Å². The van der Waals surface area contributed by atoms with Crippen molar-refractivity contribution in [2.75, 3.05) is 13.2 Å². The maximum Gasteiger partial charge on any atom is 0.494 e. The van der Waals surface area contributed by atoms with E-state index in [1.165, 1.54) is 6.07 Å². The van der Waals surface area contributed by atoms with Gasteiger partial charge in [0, 0.05) is 30.1 Å². The molecule has 20 heavy (non-hydrogen) atoms. The monoisotopic (exact) mass is 272 g/mol. The highest BCUT2D eigenvalue weighted by atomic mass is 16.6. The van der Waals surface area contributed by atoms with Crippen LogP contribution in [-0.4, -0.2) is 20.3 Å². The van der Waals surface area contributed by atoms with E-state index in [1.807, 2.05) is 25.1 Å². The van der Waals surface area contributed by atoms with Gasteiger partial charge in [-0.05, 0) is 24.0 Å². The molecule has 1 aliphatic heterocycles. The summed E-state index contributed by atoms with van der Waals surface area (Å²) in [6.45, 7) is 7.40. The summed E-state index contributed by atoms with van der Waals surface area (Å²) in [6.07, 6.45) is 0. The van der Waals surface area contributed by atoms with Gasteiger partial charge in [0.2, 0.25) is 0 Å². The average Bonchev–Trinajstić information content (AvgIpc) is 2.37. The summed E-state index contributed by atoms with van der Waals surface area (Å²) in [5.74, 6) is 0. The van der Waals surface area contributed by atoms with Crippen LogP contribution in [0.2, 0.25) is 0 Å². The topological polar surface area (TPSA) is 48.7 Å². The van der Waals surface area contributed by atoms with Crippen molar-refractivity contribution in [2.24, 2.45) is 5.41 Å². The second-order valence-electron chi connectivity index (χ2n) is 6.12. The summed E-state index contributed by atoms with van der Waals surface area (Å²) >= 11 is 0. The van der Waals surface area contributed by atoms with Gasteiger partial charge in [0.15, 0.2) is 0 Å². The van der Waals surface area contributed by atoms with Crippen LogP contribution in [0, 0.1) is 12.3 Å². The highest BCUT2D eigenvalue weighted by Crippen LogP contribution is 2.22. The Bertz CT molecular complexity index is 695. The molecule has 1 aromatic heterocycles. The van der Waals surface area contributed by atoms with Gasteiger partial charge in [-0.25, -0.2) is 4.79 Å². The van der Waals surface area contributed by atoms with Crippen molar-refractivity contribution in [2.45, 2.75) is 20.8 Å². The Kier molecular flexibility index (Phi) is 3.19. The molecule has 0 radical (unpaired) electrons. The van der Waals surface area contributed by atoms with E-state index in [0.29, 0.717) is 18.8 Å². The Hall–Kier alpha value is -1.59. The van der Waals surface area contributed by atoms with E-state index in [4.69, 9.17) is 13.7 Å².